The molecule has 0 fully saturated rings. The van der Waals surface area contributed by atoms with E-state index in [1.165, 1.54) is 10.6 Å². The summed E-state index contributed by atoms with van der Waals surface area (Å²) in [6, 6.07) is 22.5. The van der Waals surface area contributed by atoms with Crippen LogP contribution in [-0.2, 0) is 32.6 Å². The highest BCUT2D eigenvalue weighted by Crippen LogP contribution is 2.23. The Bertz CT molecular complexity index is 1410. The summed E-state index contributed by atoms with van der Waals surface area (Å²) in [4.78, 5) is 29.0. The van der Waals surface area contributed by atoms with E-state index in [1.807, 2.05) is 94.4 Å². The third-order valence-electron chi connectivity index (χ3n) is 7.22. The Morgan fingerprint density at radius 3 is 2.17 bits per heavy atom. The second-order valence-electron chi connectivity index (χ2n) is 10.7. The molecular weight excluding hydrogens is 534 g/mol. The number of rotatable bonds is 14. The maximum absolute atomic E-state index is 13.9. The van der Waals surface area contributed by atoms with Crippen LogP contribution in [0.2, 0.25) is 0 Å². The normalized spacial score (nSPS) is 12.0. The topological polar surface area (TPSA) is 86.8 Å². The van der Waals surface area contributed by atoms with E-state index in [2.05, 4.69) is 5.32 Å². The third kappa shape index (κ3) is 9.46. The fourth-order valence-corrected chi connectivity index (χ4v) is 5.65. The van der Waals surface area contributed by atoms with Crippen LogP contribution in [-0.4, -0.2) is 50.5 Å². The van der Waals surface area contributed by atoms with Crippen molar-refractivity contribution in [2.75, 3.05) is 23.7 Å². The minimum Gasteiger partial charge on any atom is -0.354 e. The van der Waals surface area contributed by atoms with E-state index in [-0.39, 0.29) is 31.3 Å². The summed E-state index contributed by atoms with van der Waals surface area (Å²) in [5.74, 6) is -0.379. The molecule has 0 aliphatic heterocycles. The highest BCUT2D eigenvalue weighted by Gasteiger charge is 2.30. The molecular formula is C33H43N3O4S. The predicted octanol–water partition coefficient (Wildman–Crippen LogP) is 5.32. The van der Waals surface area contributed by atoms with Gasteiger partial charge in [-0.1, -0.05) is 73.2 Å². The van der Waals surface area contributed by atoms with Crippen LogP contribution in [0.5, 0.6) is 0 Å². The summed E-state index contributed by atoms with van der Waals surface area (Å²) < 4.78 is 26.7. The average Bonchev–Trinajstić information content (AvgIpc) is 2.94. The molecule has 0 heterocycles. The largest absolute Gasteiger partial charge is 0.354 e. The number of anilines is 1. The smallest absolute Gasteiger partial charge is 0.243 e. The number of carbonyl (C=O) groups excluding carboxylic acids is 2. The van der Waals surface area contributed by atoms with Crippen LogP contribution in [0, 0.1) is 20.8 Å². The Morgan fingerprint density at radius 1 is 0.878 bits per heavy atom. The van der Waals surface area contributed by atoms with Crippen LogP contribution in [0.25, 0.3) is 0 Å². The van der Waals surface area contributed by atoms with Crippen LogP contribution in [0.15, 0.2) is 72.8 Å². The van der Waals surface area contributed by atoms with Crippen molar-refractivity contribution in [3.05, 3.63) is 101 Å². The summed E-state index contributed by atoms with van der Waals surface area (Å²) in [5.41, 5.74) is 5.66. The van der Waals surface area contributed by atoms with Gasteiger partial charge in [-0.2, -0.15) is 0 Å². The number of hydrogen-bond donors (Lipinski definition) is 1. The molecule has 3 aromatic carbocycles. The minimum atomic E-state index is -3.55. The summed E-state index contributed by atoms with van der Waals surface area (Å²) >= 11 is 0. The van der Waals surface area contributed by atoms with Gasteiger partial charge in [0.05, 0.1) is 11.9 Å². The van der Waals surface area contributed by atoms with E-state index in [9.17, 15) is 18.0 Å². The van der Waals surface area contributed by atoms with Crippen molar-refractivity contribution in [3.63, 3.8) is 0 Å². The lowest BCUT2D eigenvalue weighted by Crippen LogP contribution is -2.50. The zero-order valence-corrected chi connectivity index (χ0v) is 25.7. The van der Waals surface area contributed by atoms with E-state index in [4.69, 9.17) is 0 Å². The van der Waals surface area contributed by atoms with Crippen LogP contribution in [0.1, 0.15) is 54.0 Å². The van der Waals surface area contributed by atoms with Crippen molar-refractivity contribution in [2.24, 2.45) is 0 Å². The number of hydrogen-bond acceptors (Lipinski definition) is 4. The summed E-state index contributed by atoms with van der Waals surface area (Å²) in [6.45, 7) is 8.89. The van der Waals surface area contributed by atoms with Crippen molar-refractivity contribution >= 4 is 27.5 Å². The van der Waals surface area contributed by atoms with Crippen molar-refractivity contribution in [1.82, 2.24) is 10.2 Å². The Hall–Kier alpha value is -3.65. The Kier molecular flexibility index (Phi) is 11.5. The fraction of sp³-hybridized carbons (Fsp3) is 0.394. The Labute approximate surface area is 245 Å². The van der Waals surface area contributed by atoms with Crippen molar-refractivity contribution in [2.45, 2.75) is 66.0 Å². The summed E-state index contributed by atoms with van der Waals surface area (Å²) in [6.07, 6.45) is 2.77. The first-order chi connectivity index (χ1) is 19.5. The molecule has 1 N–H and O–H groups in total. The lowest BCUT2D eigenvalue weighted by Gasteiger charge is -2.32. The predicted molar refractivity (Wildman–Crippen MR) is 166 cm³/mol. The molecule has 0 saturated carbocycles. The summed E-state index contributed by atoms with van der Waals surface area (Å²) in [7, 11) is -3.55. The lowest BCUT2D eigenvalue weighted by atomic mass is 10.0. The van der Waals surface area contributed by atoms with Crippen LogP contribution in [0.3, 0.4) is 0 Å². The molecule has 1 atom stereocenters. The second kappa shape index (κ2) is 14.8. The molecule has 2 amide bonds. The molecule has 41 heavy (non-hydrogen) atoms. The number of nitrogens with one attached hydrogen (secondary N) is 1. The zero-order valence-electron chi connectivity index (χ0n) is 24.9. The molecule has 8 heteroatoms. The van der Waals surface area contributed by atoms with Crippen LogP contribution >= 0.6 is 0 Å². The van der Waals surface area contributed by atoms with E-state index >= 15 is 0 Å². The highest BCUT2D eigenvalue weighted by atomic mass is 32.2. The fourth-order valence-electron chi connectivity index (χ4n) is 4.69. The minimum absolute atomic E-state index is 0.106. The average molecular weight is 578 g/mol. The van der Waals surface area contributed by atoms with Gasteiger partial charge in [0, 0.05) is 32.5 Å². The number of carbonyl (C=O) groups is 2. The van der Waals surface area contributed by atoms with Gasteiger partial charge >= 0.3 is 0 Å². The van der Waals surface area contributed by atoms with E-state index in [1.54, 1.807) is 11.0 Å². The number of aryl methyl sites for hydroxylation is 3. The Balaban J connectivity index is 1.87. The summed E-state index contributed by atoms with van der Waals surface area (Å²) in [5, 5.41) is 2.99. The van der Waals surface area contributed by atoms with Gasteiger partial charge in [-0.3, -0.25) is 13.9 Å². The molecule has 0 bridgehead atoms. The number of sulfonamides is 1. The number of nitrogens with zero attached hydrogens (tertiary/aromatic N) is 2. The van der Waals surface area contributed by atoms with Gasteiger partial charge in [-0.15, -0.1) is 0 Å². The van der Waals surface area contributed by atoms with Gasteiger partial charge in [0.2, 0.25) is 21.8 Å². The molecule has 0 radical (unpaired) electrons. The monoisotopic (exact) mass is 577 g/mol. The number of amides is 2. The quantitative estimate of drug-likeness (QED) is 0.281. The molecule has 0 unspecified atom stereocenters. The second-order valence-corrected chi connectivity index (χ2v) is 12.6. The van der Waals surface area contributed by atoms with E-state index in [0.29, 0.717) is 25.1 Å². The molecule has 0 saturated heterocycles. The van der Waals surface area contributed by atoms with Crippen LogP contribution < -0.4 is 9.62 Å². The first-order valence-electron chi connectivity index (χ1n) is 14.2. The van der Waals surface area contributed by atoms with Crippen molar-refractivity contribution < 1.29 is 18.0 Å². The van der Waals surface area contributed by atoms with Gasteiger partial charge < -0.3 is 10.2 Å². The number of benzene rings is 3. The molecule has 0 aliphatic carbocycles. The van der Waals surface area contributed by atoms with Gasteiger partial charge in [-0.25, -0.2) is 8.42 Å². The van der Waals surface area contributed by atoms with Crippen molar-refractivity contribution in [1.29, 1.82) is 0 Å². The maximum Gasteiger partial charge on any atom is 0.243 e. The van der Waals surface area contributed by atoms with Gasteiger partial charge in [0.1, 0.15) is 6.04 Å². The first-order valence-corrected chi connectivity index (χ1v) is 16.1. The molecule has 0 aromatic heterocycles. The molecule has 3 rings (SSSR count). The third-order valence-corrected chi connectivity index (χ3v) is 8.42. The standard InChI is InChI=1S/C33H43N3O4S/c1-6-20-34-33(38)31(23-28-11-8-7-9-12-28)35(24-29-17-14-25(2)15-18-29)32(37)13-10-21-36(41(5,39)40)30-19-16-26(3)27(4)22-30/h7-9,11-12,14-19,22,31H,6,10,13,20-21,23-24H2,1-5H3,(H,34,38)/t31-/m1/s1. The van der Waals surface area contributed by atoms with Gasteiger partial charge in [-0.05, 0) is 68.0 Å². The van der Waals surface area contributed by atoms with Crippen molar-refractivity contribution in [3.8, 4) is 0 Å². The molecule has 0 aliphatic rings. The lowest BCUT2D eigenvalue weighted by molar-refractivity contribution is -0.141. The molecule has 0 spiro atoms. The first kappa shape index (κ1) is 31.9. The van der Waals surface area contributed by atoms with Crippen LogP contribution in [0.4, 0.5) is 5.69 Å². The molecule has 7 nitrogen and oxygen atoms in total. The van der Waals surface area contributed by atoms with Gasteiger partial charge in [0.15, 0.2) is 0 Å². The van der Waals surface area contributed by atoms with Gasteiger partial charge in [0.25, 0.3) is 0 Å². The highest BCUT2D eigenvalue weighted by molar-refractivity contribution is 7.92. The maximum atomic E-state index is 13.9. The molecule has 220 valence electrons. The SMILES string of the molecule is CCCNC(=O)[C@@H](Cc1ccccc1)N(Cc1ccc(C)cc1)C(=O)CCCN(c1ccc(C)c(C)c1)S(C)(=O)=O. The zero-order chi connectivity index (χ0) is 30.0. The Morgan fingerprint density at radius 2 is 1.56 bits per heavy atom. The van der Waals surface area contributed by atoms with E-state index < -0.39 is 16.1 Å². The van der Waals surface area contributed by atoms with E-state index in [0.717, 1.165) is 34.2 Å². The molecule has 3 aromatic rings.